The molecule has 1 aromatic heterocycles. The molecule has 1 heterocycles. The van der Waals surface area contributed by atoms with Crippen molar-refractivity contribution in [3.8, 4) is 0 Å². The molecule has 0 aromatic carbocycles. The molecule has 0 atom stereocenters. The first-order valence-electron chi connectivity index (χ1n) is 5.59. The number of Topliss-reactive ketones (excluding diaryl/α,β-unsaturated/α-hetero) is 1. The first-order chi connectivity index (χ1) is 8.56. The molecule has 0 amide bonds. The molecule has 19 heavy (non-hydrogen) atoms. The lowest BCUT2D eigenvalue weighted by atomic mass is 9.88. The normalized spacial score (nSPS) is 15.2. The zero-order valence-electron chi connectivity index (χ0n) is 10.6. The van der Waals surface area contributed by atoms with E-state index in [2.05, 4.69) is 4.98 Å². The van der Waals surface area contributed by atoms with Crippen LogP contribution in [-0.2, 0) is 16.2 Å². The molecule has 0 unspecified atom stereocenters. The van der Waals surface area contributed by atoms with Crippen molar-refractivity contribution in [2.45, 2.75) is 20.5 Å². The van der Waals surface area contributed by atoms with Crippen LogP contribution < -0.4 is 0 Å². The van der Waals surface area contributed by atoms with Crippen LogP contribution in [0, 0.1) is 0 Å². The van der Waals surface area contributed by atoms with Gasteiger partial charge in [0, 0.05) is 22.9 Å². The molecule has 1 aliphatic rings. The van der Waals surface area contributed by atoms with E-state index >= 15 is 0 Å². The van der Waals surface area contributed by atoms with E-state index < -0.39 is 0 Å². The molecule has 5 heteroatoms. The Labute approximate surface area is 117 Å². The van der Waals surface area contributed by atoms with Crippen molar-refractivity contribution in [3.63, 3.8) is 0 Å². The molecular formula is C14H14ClNO3. The van der Waals surface area contributed by atoms with Crippen molar-refractivity contribution in [2.75, 3.05) is 0 Å². The zero-order chi connectivity index (χ0) is 13.3. The third-order valence-corrected chi connectivity index (χ3v) is 2.97. The summed E-state index contributed by atoms with van der Waals surface area (Å²) in [5.74, 6) is -0.392. The van der Waals surface area contributed by atoms with E-state index in [9.17, 15) is 14.7 Å². The minimum atomic E-state index is -0.238. The van der Waals surface area contributed by atoms with E-state index in [0.29, 0.717) is 22.4 Å². The SMILES string of the molecule is CC1=CC(=O)C(c2ncccc2CO)=C(C)C1=O.Cl. The van der Waals surface area contributed by atoms with Crippen molar-refractivity contribution in [1.82, 2.24) is 4.98 Å². The number of aliphatic hydroxyl groups excluding tert-OH is 1. The summed E-state index contributed by atoms with van der Waals surface area (Å²) in [7, 11) is 0. The fourth-order valence-corrected chi connectivity index (χ4v) is 2.01. The standard InChI is InChI=1S/C14H13NO3.ClH/c1-8-6-11(17)12(9(2)14(8)18)13-10(7-16)4-3-5-15-13;/h3-6,16H,7H2,1-2H3;1H. The number of pyridine rings is 1. The summed E-state index contributed by atoms with van der Waals surface area (Å²) < 4.78 is 0. The number of carbonyl (C=O) groups excluding carboxylic acids is 2. The number of rotatable bonds is 2. The summed E-state index contributed by atoms with van der Waals surface area (Å²) in [5, 5.41) is 9.27. The topological polar surface area (TPSA) is 67.3 Å². The quantitative estimate of drug-likeness (QED) is 0.839. The number of allylic oxidation sites excluding steroid dienone is 4. The Kier molecular flexibility index (Phi) is 4.75. The maximum absolute atomic E-state index is 12.0. The molecule has 2 rings (SSSR count). The second-order valence-corrected chi connectivity index (χ2v) is 4.19. The van der Waals surface area contributed by atoms with Crippen molar-refractivity contribution in [2.24, 2.45) is 0 Å². The predicted octanol–water partition coefficient (Wildman–Crippen LogP) is 1.87. The highest BCUT2D eigenvalue weighted by Gasteiger charge is 2.26. The Morgan fingerprint density at radius 2 is 1.95 bits per heavy atom. The molecule has 1 aromatic rings. The Morgan fingerprint density at radius 3 is 2.58 bits per heavy atom. The molecule has 1 N–H and O–H groups in total. The monoisotopic (exact) mass is 279 g/mol. The number of carbonyl (C=O) groups is 2. The number of aliphatic hydroxyl groups is 1. The van der Waals surface area contributed by atoms with Crippen LogP contribution in [0.25, 0.3) is 5.57 Å². The van der Waals surface area contributed by atoms with Gasteiger partial charge < -0.3 is 5.11 Å². The van der Waals surface area contributed by atoms with E-state index in [4.69, 9.17) is 0 Å². The van der Waals surface area contributed by atoms with E-state index in [1.165, 1.54) is 12.3 Å². The van der Waals surface area contributed by atoms with Gasteiger partial charge in [0.05, 0.1) is 17.9 Å². The molecular weight excluding hydrogens is 266 g/mol. The average Bonchev–Trinajstić information content (AvgIpc) is 2.37. The van der Waals surface area contributed by atoms with Crippen LogP contribution in [0.2, 0.25) is 0 Å². The van der Waals surface area contributed by atoms with Crippen LogP contribution in [0.4, 0.5) is 0 Å². The lowest BCUT2D eigenvalue weighted by molar-refractivity contribution is -0.114. The first-order valence-corrected chi connectivity index (χ1v) is 5.59. The van der Waals surface area contributed by atoms with Crippen molar-refractivity contribution in [1.29, 1.82) is 0 Å². The molecule has 100 valence electrons. The summed E-state index contributed by atoms with van der Waals surface area (Å²) in [6.07, 6.45) is 2.86. The summed E-state index contributed by atoms with van der Waals surface area (Å²) in [6, 6.07) is 3.37. The number of hydrogen-bond donors (Lipinski definition) is 1. The lowest BCUT2D eigenvalue weighted by Gasteiger charge is -2.15. The second-order valence-electron chi connectivity index (χ2n) is 4.19. The van der Waals surface area contributed by atoms with Gasteiger partial charge in [-0.2, -0.15) is 0 Å². The van der Waals surface area contributed by atoms with Crippen molar-refractivity contribution in [3.05, 3.63) is 46.8 Å². The minimum absolute atomic E-state index is 0. The number of halogens is 1. The Bertz CT molecular complexity index is 602. The highest BCUT2D eigenvalue weighted by atomic mass is 35.5. The molecule has 0 aliphatic heterocycles. The Morgan fingerprint density at radius 1 is 1.26 bits per heavy atom. The molecule has 1 aliphatic carbocycles. The van der Waals surface area contributed by atoms with Crippen LogP contribution in [0.15, 0.2) is 35.6 Å². The largest absolute Gasteiger partial charge is 0.392 e. The van der Waals surface area contributed by atoms with Crippen molar-refractivity contribution < 1.29 is 14.7 Å². The van der Waals surface area contributed by atoms with Gasteiger partial charge in [0.15, 0.2) is 11.6 Å². The fraction of sp³-hybridized carbons (Fsp3) is 0.214. The average molecular weight is 280 g/mol. The van der Waals surface area contributed by atoms with Crippen LogP contribution in [0.1, 0.15) is 25.1 Å². The maximum Gasteiger partial charge on any atom is 0.188 e. The summed E-state index contributed by atoms with van der Waals surface area (Å²) in [4.78, 5) is 28.0. The summed E-state index contributed by atoms with van der Waals surface area (Å²) >= 11 is 0. The summed E-state index contributed by atoms with van der Waals surface area (Å²) in [5.41, 5.74) is 2.03. The third-order valence-electron chi connectivity index (χ3n) is 2.97. The fourth-order valence-electron chi connectivity index (χ4n) is 2.01. The Hall–Kier alpha value is -1.78. The summed E-state index contributed by atoms with van der Waals surface area (Å²) in [6.45, 7) is 3.01. The maximum atomic E-state index is 12.0. The van der Waals surface area contributed by atoms with E-state index in [-0.39, 0.29) is 36.2 Å². The molecule has 4 nitrogen and oxygen atoms in total. The lowest BCUT2D eigenvalue weighted by Crippen LogP contribution is -2.17. The van der Waals surface area contributed by atoms with Gasteiger partial charge in [-0.15, -0.1) is 12.4 Å². The van der Waals surface area contributed by atoms with E-state index in [1.54, 1.807) is 26.0 Å². The van der Waals surface area contributed by atoms with Gasteiger partial charge in [-0.1, -0.05) is 6.07 Å². The highest BCUT2D eigenvalue weighted by Crippen LogP contribution is 2.27. The first kappa shape index (κ1) is 15.3. The second kappa shape index (κ2) is 5.91. The van der Waals surface area contributed by atoms with Crippen LogP contribution in [0.5, 0.6) is 0 Å². The molecule has 0 fully saturated rings. The van der Waals surface area contributed by atoms with Gasteiger partial charge in [0.1, 0.15) is 0 Å². The van der Waals surface area contributed by atoms with Crippen molar-refractivity contribution >= 4 is 29.5 Å². The third kappa shape index (κ3) is 2.64. The van der Waals surface area contributed by atoms with Gasteiger partial charge in [0.25, 0.3) is 0 Å². The van der Waals surface area contributed by atoms with Gasteiger partial charge in [-0.05, 0) is 26.0 Å². The van der Waals surface area contributed by atoms with Crippen LogP contribution in [-0.4, -0.2) is 21.7 Å². The predicted molar refractivity (Wildman–Crippen MR) is 73.8 cm³/mol. The van der Waals surface area contributed by atoms with Gasteiger partial charge >= 0.3 is 0 Å². The number of hydrogen-bond acceptors (Lipinski definition) is 4. The number of nitrogens with zero attached hydrogens (tertiary/aromatic N) is 1. The van der Waals surface area contributed by atoms with Gasteiger partial charge in [-0.3, -0.25) is 14.6 Å². The van der Waals surface area contributed by atoms with Gasteiger partial charge in [0.2, 0.25) is 0 Å². The Balaban J connectivity index is 0.00000180. The zero-order valence-corrected chi connectivity index (χ0v) is 11.5. The molecule has 0 bridgehead atoms. The van der Waals surface area contributed by atoms with Gasteiger partial charge in [-0.25, -0.2) is 0 Å². The van der Waals surface area contributed by atoms with E-state index in [1.807, 2.05) is 0 Å². The molecule has 0 saturated heterocycles. The minimum Gasteiger partial charge on any atom is -0.392 e. The molecule has 0 spiro atoms. The smallest absolute Gasteiger partial charge is 0.188 e. The van der Waals surface area contributed by atoms with Crippen LogP contribution >= 0.6 is 12.4 Å². The molecule has 0 radical (unpaired) electrons. The highest BCUT2D eigenvalue weighted by molar-refractivity contribution is 6.36. The number of ketones is 2. The van der Waals surface area contributed by atoms with E-state index in [0.717, 1.165) is 0 Å². The van der Waals surface area contributed by atoms with Crippen LogP contribution in [0.3, 0.4) is 0 Å². The molecule has 0 saturated carbocycles. The number of aromatic nitrogens is 1.